The van der Waals surface area contributed by atoms with E-state index in [0.29, 0.717) is 11.1 Å². The topological polar surface area (TPSA) is 73.3 Å². The van der Waals surface area contributed by atoms with Crippen molar-refractivity contribution in [2.45, 2.75) is 10.6 Å². The smallest absolute Gasteiger partial charge is 0.340 e. The van der Waals surface area contributed by atoms with Crippen LogP contribution in [0.1, 0.15) is 16.1 Å². The molecular weight excluding hydrogens is 398 g/mol. The number of benzene rings is 3. The zero-order valence-electron chi connectivity index (χ0n) is 16.3. The Morgan fingerprint density at radius 3 is 2.13 bits per heavy atom. The number of aromatic nitrogens is 1. The predicted octanol–water partition coefficient (Wildman–Crippen LogP) is 4.66. The number of methoxy groups -OCH3 is 1. The monoisotopic (exact) mass is 417 g/mol. The van der Waals surface area contributed by atoms with Crippen LogP contribution < -0.4 is 0 Å². The summed E-state index contributed by atoms with van der Waals surface area (Å²) >= 11 is 0. The number of fused-ring (bicyclic) bond motifs is 1. The molecule has 150 valence electrons. The summed E-state index contributed by atoms with van der Waals surface area (Å²) in [5, 5.41) is 0.755. The summed E-state index contributed by atoms with van der Waals surface area (Å²) in [7, 11) is -2.44. The van der Waals surface area contributed by atoms with E-state index in [4.69, 9.17) is 4.74 Å². The third-order valence-corrected chi connectivity index (χ3v) is 6.49. The highest BCUT2D eigenvalue weighted by Crippen LogP contribution is 2.34. The lowest BCUT2D eigenvalue weighted by Crippen LogP contribution is -2.15. The number of sulfone groups is 1. The van der Waals surface area contributed by atoms with Crippen molar-refractivity contribution in [2.24, 2.45) is 0 Å². The molecule has 1 aromatic heterocycles. The molecule has 0 aliphatic carbocycles. The van der Waals surface area contributed by atoms with Crippen LogP contribution in [0.3, 0.4) is 0 Å². The molecule has 3 aromatic carbocycles. The van der Waals surface area contributed by atoms with E-state index in [2.05, 4.69) is 4.98 Å². The van der Waals surface area contributed by atoms with E-state index in [1.807, 2.05) is 54.6 Å². The number of rotatable bonds is 5. The zero-order valence-corrected chi connectivity index (χ0v) is 17.1. The van der Waals surface area contributed by atoms with Crippen molar-refractivity contribution in [2.75, 3.05) is 7.11 Å². The van der Waals surface area contributed by atoms with Crippen molar-refractivity contribution in [3.8, 4) is 11.1 Å². The molecule has 5 nitrogen and oxygen atoms in total. The molecule has 4 rings (SSSR count). The van der Waals surface area contributed by atoms with Crippen molar-refractivity contribution in [3.05, 3.63) is 96.2 Å². The Morgan fingerprint density at radius 1 is 0.867 bits per heavy atom. The Labute approximate surface area is 174 Å². The number of hydrogen-bond acceptors (Lipinski definition) is 5. The summed E-state index contributed by atoms with van der Waals surface area (Å²) in [5.74, 6) is -1.03. The molecule has 0 fully saturated rings. The minimum Gasteiger partial charge on any atom is -0.465 e. The minimum absolute atomic E-state index is 0.168. The molecule has 0 bridgehead atoms. The van der Waals surface area contributed by atoms with Gasteiger partial charge in [0.25, 0.3) is 0 Å². The van der Waals surface area contributed by atoms with Gasteiger partial charge in [0.05, 0.1) is 34.5 Å². The fourth-order valence-electron chi connectivity index (χ4n) is 3.48. The summed E-state index contributed by atoms with van der Waals surface area (Å²) in [6, 6.07) is 24.9. The van der Waals surface area contributed by atoms with Gasteiger partial charge < -0.3 is 4.74 Å². The van der Waals surface area contributed by atoms with E-state index in [0.717, 1.165) is 10.9 Å². The summed E-state index contributed by atoms with van der Waals surface area (Å²) in [6.45, 7) is 0. The Bertz CT molecular complexity index is 1320. The molecular formula is C24H19NO4S. The minimum atomic E-state index is -3.72. The molecule has 0 radical (unpaired) electrons. The third-order valence-electron chi connectivity index (χ3n) is 4.85. The first-order valence-electron chi connectivity index (χ1n) is 9.34. The van der Waals surface area contributed by atoms with E-state index in [1.165, 1.54) is 19.2 Å². The van der Waals surface area contributed by atoms with Gasteiger partial charge in [-0.3, -0.25) is 4.98 Å². The molecule has 0 aliphatic heterocycles. The van der Waals surface area contributed by atoms with E-state index in [-0.39, 0.29) is 16.2 Å². The number of esters is 1. The Balaban J connectivity index is 2.02. The van der Waals surface area contributed by atoms with Crippen molar-refractivity contribution in [1.82, 2.24) is 4.98 Å². The van der Waals surface area contributed by atoms with E-state index < -0.39 is 21.6 Å². The average Bonchev–Trinajstić information content (AvgIpc) is 2.78. The standard InChI is InChI=1S/C24H19NO4S/c1-29-24(26)23-21(16-30(27,28)18-12-6-3-7-13-18)25-20-15-9-8-14-19(20)22(23)17-10-4-2-5-11-17/h2-15H,16H2,1H3. The van der Waals surface area contributed by atoms with Crippen molar-refractivity contribution in [1.29, 1.82) is 0 Å². The quantitative estimate of drug-likeness (QED) is 0.442. The lowest BCUT2D eigenvalue weighted by atomic mass is 9.94. The maximum atomic E-state index is 13.1. The van der Waals surface area contributed by atoms with Gasteiger partial charge in [0.1, 0.15) is 0 Å². The van der Waals surface area contributed by atoms with Crippen LogP contribution in [0.5, 0.6) is 0 Å². The lowest BCUT2D eigenvalue weighted by Gasteiger charge is -2.16. The van der Waals surface area contributed by atoms with Gasteiger partial charge in [-0.1, -0.05) is 66.7 Å². The first-order chi connectivity index (χ1) is 14.5. The Hall–Kier alpha value is -3.51. The summed E-state index contributed by atoms with van der Waals surface area (Å²) < 4.78 is 31.1. The molecule has 0 N–H and O–H groups in total. The van der Waals surface area contributed by atoms with Gasteiger partial charge in [-0.05, 0) is 23.8 Å². The second-order valence-electron chi connectivity index (χ2n) is 6.76. The van der Waals surface area contributed by atoms with E-state index in [1.54, 1.807) is 18.2 Å². The van der Waals surface area contributed by atoms with Crippen LogP contribution in [-0.2, 0) is 20.3 Å². The largest absolute Gasteiger partial charge is 0.465 e. The number of ether oxygens (including phenoxy) is 1. The molecule has 0 saturated heterocycles. The molecule has 0 aliphatic rings. The maximum Gasteiger partial charge on any atom is 0.340 e. The first kappa shape index (κ1) is 19.8. The van der Waals surface area contributed by atoms with Crippen LogP contribution in [0, 0.1) is 0 Å². The highest BCUT2D eigenvalue weighted by Gasteiger charge is 2.27. The fraction of sp³-hybridized carbons (Fsp3) is 0.0833. The lowest BCUT2D eigenvalue weighted by molar-refractivity contribution is 0.0600. The maximum absolute atomic E-state index is 13.1. The summed E-state index contributed by atoms with van der Waals surface area (Å²) in [5.41, 5.74) is 2.36. The van der Waals surface area contributed by atoms with Crippen LogP contribution in [0.2, 0.25) is 0 Å². The van der Waals surface area contributed by atoms with Crippen molar-refractivity contribution >= 4 is 26.7 Å². The van der Waals surface area contributed by atoms with E-state index >= 15 is 0 Å². The average molecular weight is 417 g/mol. The zero-order chi connectivity index (χ0) is 21.1. The second kappa shape index (κ2) is 8.08. The molecule has 0 atom stereocenters. The number of carbonyl (C=O) groups excluding carboxylic acids is 1. The molecule has 0 saturated carbocycles. The highest BCUT2D eigenvalue weighted by atomic mass is 32.2. The normalized spacial score (nSPS) is 11.4. The van der Waals surface area contributed by atoms with Gasteiger partial charge in [0.2, 0.25) is 0 Å². The van der Waals surface area contributed by atoms with Crippen LogP contribution in [0.4, 0.5) is 0 Å². The van der Waals surface area contributed by atoms with Gasteiger partial charge >= 0.3 is 5.97 Å². The third kappa shape index (κ3) is 3.69. The molecule has 4 aromatic rings. The van der Waals surface area contributed by atoms with Gasteiger partial charge in [-0.25, -0.2) is 13.2 Å². The Kier molecular flexibility index (Phi) is 5.33. The van der Waals surface area contributed by atoms with Gasteiger partial charge in [0, 0.05) is 10.9 Å². The summed E-state index contributed by atoms with van der Waals surface area (Å²) in [6.07, 6.45) is 0. The van der Waals surface area contributed by atoms with Crippen molar-refractivity contribution in [3.63, 3.8) is 0 Å². The molecule has 0 amide bonds. The van der Waals surface area contributed by atoms with Crippen LogP contribution >= 0.6 is 0 Å². The molecule has 0 spiro atoms. The molecule has 6 heteroatoms. The second-order valence-corrected chi connectivity index (χ2v) is 8.74. The van der Waals surface area contributed by atoms with Crippen LogP contribution in [-0.4, -0.2) is 26.5 Å². The number of pyridine rings is 1. The molecule has 1 heterocycles. The SMILES string of the molecule is COC(=O)c1c(CS(=O)(=O)c2ccccc2)nc2ccccc2c1-c1ccccc1. The summed E-state index contributed by atoms with van der Waals surface area (Å²) in [4.78, 5) is 17.6. The van der Waals surface area contributed by atoms with Crippen LogP contribution in [0.15, 0.2) is 89.8 Å². The van der Waals surface area contributed by atoms with Gasteiger partial charge in [-0.2, -0.15) is 0 Å². The van der Waals surface area contributed by atoms with Gasteiger partial charge in [-0.15, -0.1) is 0 Å². The fourth-order valence-corrected chi connectivity index (χ4v) is 4.79. The van der Waals surface area contributed by atoms with E-state index in [9.17, 15) is 13.2 Å². The highest BCUT2D eigenvalue weighted by molar-refractivity contribution is 7.90. The first-order valence-corrected chi connectivity index (χ1v) is 11.0. The van der Waals surface area contributed by atoms with Crippen LogP contribution in [0.25, 0.3) is 22.0 Å². The number of para-hydroxylation sites is 1. The number of hydrogen-bond donors (Lipinski definition) is 0. The van der Waals surface area contributed by atoms with Crippen molar-refractivity contribution < 1.29 is 17.9 Å². The number of carbonyl (C=O) groups is 1. The molecule has 30 heavy (non-hydrogen) atoms. The number of nitrogens with zero attached hydrogens (tertiary/aromatic N) is 1. The molecule has 0 unspecified atom stereocenters. The van der Waals surface area contributed by atoms with Gasteiger partial charge in [0.15, 0.2) is 9.84 Å². The Morgan fingerprint density at radius 2 is 1.47 bits per heavy atom. The predicted molar refractivity (Wildman–Crippen MR) is 116 cm³/mol.